The number of rotatable bonds is 22. The van der Waals surface area contributed by atoms with Crippen molar-refractivity contribution in [3.8, 4) is 0 Å². The fraction of sp³-hybridized carbons (Fsp3) is 0.667. The van der Waals surface area contributed by atoms with Gasteiger partial charge in [0.05, 0.1) is 42.5 Å². The lowest BCUT2D eigenvalue weighted by atomic mass is 9.94. The molecule has 2 aromatic rings. The molecule has 0 saturated heterocycles. The van der Waals surface area contributed by atoms with Crippen molar-refractivity contribution < 1.29 is 9.59 Å². The molecule has 0 bridgehead atoms. The maximum Gasteiger partial charge on any atom is 0.261 e. The van der Waals surface area contributed by atoms with E-state index in [0.29, 0.717) is 47.5 Å². The number of carbonyl (C=O) groups excluding carboxylic acids is 2. The highest BCUT2D eigenvalue weighted by molar-refractivity contribution is 9.11. The summed E-state index contributed by atoms with van der Waals surface area (Å²) >= 11 is 10.2. The van der Waals surface area contributed by atoms with E-state index < -0.39 is 0 Å². The number of hydrogen-bond acceptors (Lipinski definition) is 6. The SMILES string of the molecule is CCCCCCC(CCCC)CN1C(=O)C2=C(c3ncc(Br)s3)N(CC(CCCC)CCCCCC)C(=O)C2=C1c1ncc(Br)s1. The second kappa shape index (κ2) is 19.0. The zero-order valence-electron chi connectivity index (χ0n) is 28.2. The first-order valence-electron chi connectivity index (χ1n) is 17.7. The second-order valence-corrected chi connectivity index (χ2v) is 17.8. The predicted octanol–water partition coefficient (Wildman–Crippen LogP) is 11.5. The van der Waals surface area contributed by atoms with Crippen molar-refractivity contribution in [3.63, 3.8) is 0 Å². The van der Waals surface area contributed by atoms with Crippen LogP contribution >= 0.6 is 54.5 Å². The number of aromatic nitrogens is 2. The van der Waals surface area contributed by atoms with E-state index in [1.807, 2.05) is 9.80 Å². The Morgan fingerprint density at radius 2 is 0.957 bits per heavy atom. The van der Waals surface area contributed by atoms with E-state index in [2.05, 4.69) is 59.6 Å². The van der Waals surface area contributed by atoms with Gasteiger partial charge < -0.3 is 9.80 Å². The molecule has 0 saturated carbocycles. The molecule has 10 heteroatoms. The van der Waals surface area contributed by atoms with Gasteiger partial charge in [-0.25, -0.2) is 9.97 Å². The van der Waals surface area contributed by atoms with E-state index in [4.69, 9.17) is 9.97 Å². The zero-order chi connectivity index (χ0) is 33.1. The third kappa shape index (κ3) is 9.41. The number of carbonyl (C=O) groups is 2. The topological polar surface area (TPSA) is 66.4 Å². The van der Waals surface area contributed by atoms with Crippen LogP contribution in [0.5, 0.6) is 0 Å². The van der Waals surface area contributed by atoms with Gasteiger partial charge in [0.1, 0.15) is 10.0 Å². The highest BCUT2D eigenvalue weighted by Gasteiger charge is 2.50. The van der Waals surface area contributed by atoms with Crippen LogP contribution in [0.4, 0.5) is 0 Å². The highest BCUT2D eigenvalue weighted by atomic mass is 79.9. The van der Waals surface area contributed by atoms with Crippen molar-refractivity contribution in [1.82, 2.24) is 19.8 Å². The Morgan fingerprint density at radius 3 is 1.28 bits per heavy atom. The van der Waals surface area contributed by atoms with Gasteiger partial charge in [-0.3, -0.25) is 9.59 Å². The fourth-order valence-electron chi connectivity index (χ4n) is 6.79. The second-order valence-electron chi connectivity index (χ2n) is 12.9. The molecule has 2 unspecified atom stereocenters. The standard InChI is InChI=1S/C36H52Br2N4O2S2/c1-5-9-13-15-19-25(17-11-7-3)23-41-31(33-39-21-27(37)45-33)29-30(35(41)43)32(34-40-22-28(38)46-34)42(36(29)44)24-26(18-12-8-4)20-16-14-10-6-2/h21-22,25-26H,5-20,23-24H2,1-4H3. The van der Waals surface area contributed by atoms with Crippen LogP contribution in [0.15, 0.2) is 31.1 Å². The van der Waals surface area contributed by atoms with E-state index in [1.54, 1.807) is 12.4 Å². The summed E-state index contributed by atoms with van der Waals surface area (Å²) in [5.74, 6) is 0.613. The highest BCUT2D eigenvalue weighted by Crippen LogP contribution is 2.49. The van der Waals surface area contributed by atoms with E-state index >= 15 is 0 Å². The summed E-state index contributed by atoms with van der Waals surface area (Å²) in [6.07, 6.45) is 22.1. The van der Waals surface area contributed by atoms with Crippen LogP contribution in [0.1, 0.15) is 140 Å². The number of thiazole rings is 2. The van der Waals surface area contributed by atoms with Crippen molar-refractivity contribution in [2.24, 2.45) is 11.8 Å². The van der Waals surface area contributed by atoms with Crippen molar-refractivity contribution in [2.45, 2.75) is 130 Å². The van der Waals surface area contributed by atoms with Gasteiger partial charge in [0.2, 0.25) is 0 Å². The Bertz CT molecular complexity index is 1260. The largest absolute Gasteiger partial charge is 0.304 e. The molecule has 2 aromatic heterocycles. The summed E-state index contributed by atoms with van der Waals surface area (Å²) in [7, 11) is 0. The minimum Gasteiger partial charge on any atom is -0.304 e. The molecule has 2 amide bonds. The first-order valence-corrected chi connectivity index (χ1v) is 20.9. The van der Waals surface area contributed by atoms with E-state index in [0.717, 1.165) is 69.0 Å². The normalized spacial score (nSPS) is 16.4. The average molecular weight is 797 g/mol. The van der Waals surface area contributed by atoms with Crippen LogP contribution in [0.3, 0.4) is 0 Å². The van der Waals surface area contributed by atoms with Crippen LogP contribution in [-0.2, 0) is 9.59 Å². The van der Waals surface area contributed by atoms with Crippen LogP contribution in [0.25, 0.3) is 11.4 Å². The third-order valence-electron chi connectivity index (χ3n) is 9.29. The Labute approximate surface area is 301 Å². The minimum absolute atomic E-state index is 0.0726. The zero-order valence-corrected chi connectivity index (χ0v) is 33.0. The summed E-state index contributed by atoms with van der Waals surface area (Å²) in [4.78, 5) is 42.7. The molecule has 4 heterocycles. The lowest BCUT2D eigenvalue weighted by Gasteiger charge is -2.29. The maximum absolute atomic E-state index is 14.7. The van der Waals surface area contributed by atoms with Gasteiger partial charge in [-0.15, -0.1) is 22.7 Å². The molecule has 254 valence electrons. The van der Waals surface area contributed by atoms with Gasteiger partial charge in [-0.05, 0) is 69.4 Å². The summed E-state index contributed by atoms with van der Waals surface area (Å²) in [6, 6.07) is 0. The van der Waals surface area contributed by atoms with Gasteiger partial charge >= 0.3 is 0 Å². The number of unbranched alkanes of at least 4 members (excludes halogenated alkanes) is 8. The maximum atomic E-state index is 14.7. The molecule has 2 aliphatic rings. The summed E-state index contributed by atoms with van der Waals surface area (Å²) in [6.45, 7) is 10.2. The molecule has 4 rings (SSSR count). The van der Waals surface area contributed by atoms with E-state index in [1.165, 1.54) is 74.0 Å². The smallest absolute Gasteiger partial charge is 0.261 e. The Morgan fingerprint density at radius 1 is 0.587 bits per heavy atom. The molecule has 0 radical (unpaired) electrons. The molecule has 2 atom stereocenters. The van der Waals surface area contributed by atoms with Gasteiger partial charge in [0, 0.05) is 13.1 Å². The average Bonchev–Trinajstić information content (AvgIpc) is 3.80. The fourth-order valence-corrected chi connectivity index (χ4v) is 9.33. The summed E-state index contributed by atoms with van der Waals surface area (Å²) < 4.78 is 1.78. The summed E-state index contributed by atoms with van der Waals surface area (Å²) in [5.41, 5.74) is 2.43. The van der Waals surface area contributed by atoms with Crippen LogP contribution in [0.2, 0.25) is 0 Å². The summed E-state index contributed by atoms with van der Waals surface area (Å²) in [5, 5.41) is 1.45. The first kappa shape index (κ1) is 37.5. The Kier molecular flexibility index (Phi) is 15.5. The van der Waals surface area contributed by atoms with Crippen molar-refractivity contribution in [2.75, 3.05) is 13.1 Å². The van der Waals surface area contributed by atoms with Gasteiger partial charge in [-0.2, -0.15) is 0 Å². The molecule has 6 nitrogen and oxygen atoms in total. The third-order valence-corrected chi connectivity index (χ3v) is 12.3. The monoisotopic (exact) mass is 794 g/mol. The lowest BCUT2D eigenvalue weighted by molar-refractivity contribution is -0.124. The van der Waals surface area contributed by atoms with Gasteiger partial charge in [0.25, 0.3) is 11.8 Å². The molecule has 0 aromatic carbocycles. The first-order chi connectivity index (χ1) is 22.3. The molecular weight excluding hydrogens is 744 g/mol. The number of amides is 2. The quantitative estimate of drug-likeness (QED) is 0.111. The predicted molar refractivity (Wildman–Crippen MR) is 200 cm³/mol. The number of fused-ring (bicyclic) bond motifs is 1. The molecule has 0 fully saturated rings. The van der Waals surface area contributed by atoms with Crippen LogP contribution < -0.4 is 0 Å². The molecule has 0 N–H and O–H groups in total. The van der Waals surface area contributed by atoms with Gasteiger partial charge in [0.15, 0.2) is 0 Å². The molecule has 2 aliphatic heterocycles. The lowest BCUT2D eigenvalue weighted by Crippen LogP contribution is -2.35. The number of halogens is 2. The van der Waals surface area contributed by atoms with Crippen LogP contribution in [-0.4, -0.2) is 44.7 Å². The number of hydrogen-bond donors (Lipinski definition) is 0. The molecule has 0 spiro atoms. The van der Waals surface area contributed by atoms with E-state index in [-0.39, 0.29) is 11.8 Å². The van der Waals surface area contributed by atoms with E-state index in [9.17, 15) is 9.59 Å². The molecule has 0 aliphatic carbocycles. The van der Waals surface area contributed by atoms with Crippen molar-refractivity contribution in [1.29, 1.82) is 0 Å². The molecular formula is C36H52Br2N4O2S2. The Balaban J connectivity index is 1.77. The van der Waals surface area contributed by atoms with Crippen molar-refractivity contribution in [3.05, 3.63) is 41.1 Å². The van der Waals surface area contributed by atoms with Crippen molar-refractivity contribution >= 4 is 77.7 Å². The van der Waals surface area contributed by atoms with Gasteiger partial charge in [-0.1, -0.05) is 105 Å². The minimum atomic E-state index is -0.0726. The Hall–Kier alpha value is -1.36. The number of nitrogens with zero attached hydrogens (tertiary/aromatic N) is 4. The molecule has 46 heavy (non-hydrogen) atoms. The van der Waals surface area contributed by atoms with Crippen LogP contribution in [0, 0.1) is 11.8 Å².